The molecule has 0 spiro atoms. The predicted molar refractivity (Wildman–Crippen MR) is 61.6 cm³/mol. The zero-order valence-corrected chi connectivity index (χ0v) is 10.4. The van der Waals surface area contributed by atoms with E-state index in [1.165, 1.54) is 0 Å². The molecule has 0 aromatic rings. The number of hydrogen-bond donors (Lipinski definition) is 1. The summed E-state index contributed by atoms with van der Waals surface area (Å²) in [5, 5.41) is 2.95. The second kappa shape index (κ2) is 6.28. The first kappa shape index (κ1) is 13.8. The summed E-state index contributed by atoms with van der Waals surface area (Å²) in [6.45, 7) is 8.84. The molecule has 0 fully saturated rings. The lowest BCUT2D eigenvalue weighted by atomic mass is 9.95. The summed E-state index contributed by atoms with van der Waals surface area (Å²) >= 11 is 5.77. The molecule has 0 aliphatic heterocycles. The summed E-state index contributed by atoms with van der Waals surface area (Å²) in [7, 11) is 0. The van der Waals surface area contributed by atoms with Gasteiger partial charge in [-0.25, -0.2) is 0 Å². The third-order valence-electron chi connectivity index (χ3n) is 2.46. The summed E-state index contributed by atoms with van der Waals surface area (Å²) in [6.07, 6.45) is 1.81. The Kier molecular flexibility index (Phi) is 6.17. The molecular formula is C11H22ClNO. The smallest absolute Gasteiger partial charge is 0.223 e. The van der Waals surface area contributed by atoms with Gasteiger partial charge in [-0.3, -0.25) is 4.79 Å². The molecular weight excluding hydrogens is 198 g/mol. The summed E-state index contributed by atoms with van der Waals surface area (Å²) in [5.41, 5.74) is -0.0107. The molecule has 0 aromatic carbocycles. The fraction of sp³-hybridized carbons (Fsp3) is 0.909. The largest absolute Gasteiger partial charge is 0.355 e. The molecule has 0 unspecified atom stereocenters. The number of hydrogen-bond acceptors (Lipinski definition) is 1. The number of halogens is 1. The van der Waals surface area contributed by atoms with Crippen LogP contribution < -0.4 is 5.32 Å². The van der Waals surface area contributed by atoms with Gasteiger partial charge in [-0.1, -0.05) is 27.7 Å². The van der Waals surface area contributed by atoms with Gasteiger partial charge in [-0.2, -0.15) is 0 Å². The van der Waals surface area contributed by atoms with Crippen LogP contribution in [-0.4, -0.2) is 18.3 Å². The lowest BCUT2D eigenvalue weighted by Gasteiger charge is -2.23. The van der Waals surface area contributed by atoms with Gasteiger partial charge in [0.1, 0.15) is 0 Å². The number of carbonyl (C=O) groups excluding carboxylic acids is 1. The van der Waals surface area contributed by atoms with E-state index in [0.717, 1.165) is 12.8 Å². The lowest BCUT2D eigenvalue weighted by Crippen LogP contribution is -2.38. The Morgan fingerprint density at radius 1 is 1.36 bits per heavy atom. The highest BCUT2D eigenvalue weighted by molar-refractivity contribution is 6.18. The van der Waals surface area contributed by atoms with Crippen molar-refractivity contribution in [2.45, 2.75) is 40.5 Å². The predicted octanol–water partition coefficient (Wildman–Crippen LogP) is 2.80. The van der Waals surface area contributed by atoms with E-state index in [1.807, 2.05) is 27.7 Å². The molecule has 0 saturated heterocycles. The van der Waals surface area contributed by atoms with Crippen LogP contribution >= 0.6 is 11.6 Å². The highest BCUT2D eigenvalue weighted by atomic mass is 35.5. The highest BCUT2D eigenvalue weighted by Gasteiger charge is 2.20. The molecule has 3 heteroatoms. The molecule has 0 rings (SSSR count). The molecule has 2 nitrogen and oxygen atoms in total. The van der Waals surface area contributed by atoms with Gasteiger partial charge in [0.25, 0.3) is 0 Å². The molecule has 14 heavy (non-hydrogen) atoms. The molecule has 0 saturated carbocycles. The molecule has 0 heterocycles. The van der Waals surface area contributed by atoms with Crippen LogP contribution in [0.15, 0.2) is 0 Å². The zero-order valence-electron chi connectivity index (χ0n) is 9.69. The average molecular weight is 220 g/mol. The van der Waals surface area contributed by atoms with Crippen LogP contribution in [0.5, 0.6) is 0 Å². The molecule has 0 aliphatic carbocycles. The van der Waals surface area contributed by atoms with Crippen molar-refractivity contribution in [1.82, 2.24) is 5.32 Å². The summed E-state index contributed by atoms with van der Waals surface area (Å²) < 4.78 is 0. The maximum absolute atomic E-state index is 11.6. The van der Waals surface area contributed by atoms with Crippen LogP contribution in [0.2, 0.25) is 0 Å². The van der Waals surface area contributed by atoms with Crippen LogP contribution in [0.1, 0.15) is 40.5 Å². The van der Waals surface area contributed by atoms with Gasteiger partial charge in [-0.15, -0.1) is 11.6 Å². The van der Waals surface area contributed by atoms with Crippen LogP contribution in [0.4, 0.5) is 0 Å². The first-order valence-corrected chi connectivity index (χ1v) is 5.84. The van der Waals surface area contributed by atoms with E-state index in [4.69, 9.17) is 11.6 Å². The fourth-order valence-electron chi connectivity index (χ4n) is 1.18. The van der Waals surface area contributed by atoms with Gasteiger partial charge in [-0.05, 0) is 18.3 Å². The lowest BCUT2D eigenvalue weighted by molar-refractivity contribution is -0.125. The van der Waals surface area contributed by atoms with E-state index < -0.39 is 0 Å². The highest BCUT2D eigenvalue weighted by Crippen LogP contribution is 2.16. The Bertz CT molecular complexity index is 176. The quantitative estimate of drug-likeness (QED) is 0.684. The minimum atomic E-state index is -0.0107. The van der Waals surface area contributed by atoms with Gasteiger partial charge in [0.2, 0.25) is 5.91 Å². The Morgan fingerprint density at radius 2 is 1.86 bits per heavy atom. The van der Waals surface area contributed by atoms with Crippen molar-refractivity contribution in [2.24, 2.45) is 11.3 Å². The van der Waals surface area contributed by atoms with E-state index in [0.29, 0.717) is 12.4 Å². The van der Waals surface area contributed by atoms with Crippen molar-refractivity contribution in [2.75, 3.05) is 12.4 Å². The van der Waals surface area contributed by atoms with Gasteiger partial charge < -0.3 is 5.32 Å². The van der Waals surface area contributed by atoms with E-state index in [1.54, 1.807) is 0 Å². The second-order valence-electron chi connectivity index (χ2n) is 4.53. The molecule has 84 valence electrons. The molecule has 1 amide bonds. The van der Waals surface area contributed by atoms with Crippen molar-refractivity contribution >= 4 is 17.5 Å². The third-order valence-corrected chi connectivity index (χ3v) is 3.18. The molecule has 0 radical (unpaired) electrons. The minimum absolute atomic E-state index is 0.0107. The standard InChI is InChI=1S/C11H22ClNO/c1-5-9(6-2)10(14)13-8-11(3,4)7-12/h9H,5-8H2,1-4H3,(H,13,14). The summed E-state index contributed by atoms with van der Waals surface area (Å²) in [4.78, 5) is 11.6. The zero-order chi connectivity index (χ0) is 11.2. The molecule has 1 N–H and O–H groups in total. The van der Waals surface area contributed by atoms with E-state index in [2.05, 4.69) is 5.32 Å². The van der Waals surface area contributed by atoms with Gasteiger partial charge in [0, 0.05) is 18.3 Å². The van der Waals surface area contributed by atoms with Crippen LogP contribution in [0.25, 0.3) is 0 Å². The topological polar surface area (TPSA) is 29.1 Å². The average Bonchev–Trinajstić information content (AvgIpc) is 2.17. The van der Waals surface area contributed by atoms with Crippen molar-refractivity contribution < 1.29 is 4.79 Å². The number of carbonyl (C=O) groups is 1. The monoisotopic (exact) mass is 219 g/mol. The van der Waals surface area contributed by atoms with Gasteiger partial charge in [0.15, 0.2) is 0 Å². The van der Waals surface area contributed by atoms with Crippen LogP contribution in [0, 0.1) is 11.3 Å². The van der Waals surface area contributed by atoms with Crippen molar-refractivity contribution in [3.63, 3.8) is 0 Å². The second-order valence-corrected chi connectivity index (χ2v) is 4.80. The maximum atomic E-state index is 11.6. The van der Waals surface area contributed by atoms with Crippen molar-refractivity contribution in [3.8, 4) is 0 Å². The van der Waals surface area contributed by atoms with Gasteiger partial charge >= 0.3 is 0 Å². The summed E-state index contributed by atoms with van der Waals surface area (Å²) in [6, 6.07) is 0. The Hall–Kier alpha value is -0.240. The summed E-state index contributed by atoms with van der Waals surface area (Å²) in [5.74, 6) is 0.880. The number of alkyl halides is 1. The van der Waals surface area contributed by atoms with Crippen molar-refractivity contribution in [1.29, 1.82) is 0 Å². The maximum Gasteiger partial charge on any atom is 0.223 e. The normalized spacial score (nSPS) is 11.9. The van der Waals surface area contributed by atoms with Crippen LogP contribution in [0.3, 0.4) is 0 Å². The van der Waals surface area contributed by atoms with E-state index >= 15 is 0 Å². The Morgan fingerprint density at radius 3 is 2.21 bits per heavy atom. The molecule has 0 bridgehead atoms. The minimum Gasteiger partial charge on any atom is -0.355 e. The first-order valence-electron chi connectivity index (χ1n) is 5.30. The first-order chi connectivity index (χ1) is 6.46. The molecule has 0 aromatic heterocycles. The number of rotatable bonds is 6. The number of amides is 1. The SMILES string of the molecule is CCC(CC)C(=O)NCC(C)(C)CCl. The fourth-order valence-corrected chi connectivity index (χ4v) is 1.27. The van der Waals surface area contributed by atoms with Gasteiger partial charge in [0.05, 0.1) is 0 Å². The Balaban J connectivity index is 3.95. The number of nitrogens with one attached hydrogen (secondary N) is 1. The third kappa shape index (κ3) is 4.85. The van der Waals surface area contributed by atoms with Crippen molar-refractivity contribution in [3.05, 3.63) is 0 Å². The van der Waals surface area contributed by atoms with E-state index in [-0.39, 0.29) is 17.2 Å². The molecule has 0 atom stereocenters. The van der Waals surface area contributed by atoms with E-state index in [9.17, 15) is 4.79 Å². The Labute approximate surface area is 92.4 Å². The van der Waals surface area contributed by atoms with Crippen LogP contribution in [-0.2, 0) is 4.79 Å². The molecule has 0 aliphatic rings.